The van der Waals surface area contributed by atoms with E-state index in [1.165, 1.54) is 12.1 Å². The lowest BCUT2D eigenvalue weighted by Crippen LogP contribution is -2.26. The summed E-state index contributed by atoms with van der Waals surface area (Å²) in [5.74, 6) is -0.401. The van der Waals surface area contributed by atoms with Crippen molar-refractivity contribution in [1.82, 2.24) is 0 Å². The highest BCUT2D eigenvalue weighted by atomic mass is 19.1. The number of ether oxygens (including phenoxy) is 3. The van der Waals surface area contributed by atoms with Crippen molar-refractivity contribution in [2.45, 2.75) is 19.1 Å². The highest BCUT2D eigenvalue weighted by Crippen LogP contribution is 2.18. The Kier molecular flexibility index (Phi) is 4.66. The highest BCUT2D eigenvalue weighted by molar-refractivity contribution is 5.74. The Hall–Kier alpha value is -1.46. The fourth-order valence-electron chi connectivity index (χ4n) is 1.68. The normalized spacial score (nSPS) is 16.5. The van der Waals surface area contributed by atoms with Crippen LogP contribution in [-0.2, 0) is 9.47 Å². The summed E-state index contributed by atoms with van der Waals surface area (Å²) in [5.41, 5.74) is 0.291. The molecule has 0 bridgehead atoms. The number of hydrogen-bond acceptors (Lipinski definition) is 4. The minimum absolute atomic E-state index is 0.136. The van der Waals surface area contributed by atoms with Crippen LogP contribution in [0.15, 0.2) is 18.2 Å². The van der Waals surface area contributed by atoms with Gasteiger partial charge in [0.05, 0.1) is 19.8 Å². The molecule has 1 saturated heterocycles. The Bertz CT molecular complexity index is 402. The molecule has 0 N–H and O–H groups in total. The molecule has 0 aromatic heterocycles. The van der Waals surface area contributed by atoms with Gasteiger partial charge in [-0.2, -0.15) is 0 Å². The predicted molar refractivity (Wildman–Crippen MR) is 62.2 cm³/mol. The van der Waals surface area contributed by atoms with E-state index in [-0.39, 0.29) is 12.0 Å². The summed E-state index contributed by atoms with van der Waals surface area (Å²) in [6.07, 6.45) is 1.78. The van der Waals surface area contributed by atoms with E-state index in [9.17, 15) is 9.18 Å². The van der Waals surface area contributed by atoms with E-state index in [0.717, 1.165) is 12.5 Å². The van der Waals surface area contributed by atoms with Crippen LogP contribution < -0.4 is 4.74 Å². The Morgan fingerprint density at radius 2 is 2.17 bits per heavy atom. The van der Waals surface area contributed by atoms with Gasteiger partial charge in [0.1, 0.15) is 6.29 Å². The second kappa shape index (κ2) is 6.47. The van der Waals surface area contributed by atoms with Gasteiger partial charge < -0.3 is 14.2 Å². The van der Waals surface area contributed by atoms with Crippen molar-refractivity contribution >= 4 is 6.29 Å². The van der Waals surface area contributed by atoms with Crippen LogP contribution >= 0.6 is 0 Å². The third-order valence-electron chi connectivity index (χ3n) is 2.60. The van der Waals surface area contributed by atoms with Gasteiger partial charge in [0.25, 0.3) is 0 Å². The molecule has 0 aliphatic carbocycles. The van der Waals surface area contributed by atoms with Gasteiger partial charge in [0.15, 0.2) is 17.9 Å². The molecule has 2 rings (SSSR count). The van der Waals surface area contributed by atoms with E-state index in [0.29, 0.717) is 38.1 Å². The lowest BCUT2D eigenvalue weighted by Gasteiger charge is -2.23. The van der Waals surface area contributed by atoms with Crippen LogP contribution in [0.4, 0.5) is 4.39 Å². The zero-order valence-corrected chi connectivity index (χ0v) is 9.93. The quantitative estimate of drug-likeness (QED) is 0.755. The maximum Gasteiger partial charge on any atom is 0.165 e. The molecule has 0 radical (unpaired) electrons. The maximum absolute atomic E-state index is 13.5. The lowest BCUT2D eigenvalue weighted by atomic mass is 10.2. The molecule has 1 aliphatic heterocycles. The molecule has 18 heavy (non-hydrogen) atoms. The van der Waals surface area contributed by atoms with Crippen LogP contribution in [0.2, 0.25) is 0 Å². The second-order valence-corrected chi connectivity index (χ2v) is 3.97. The molecular weight excluding hydrogens is 239 g/mol. The largest absolute Gasteiger partial charge is 0.490 e. The molecular formula is C13H15FO4. The molecule has 0 unspecified atom stereocenters. The van der Waals surface area contributed by atoms with Crippen molar-refractivity contribution in [3.8, 4) is 5.75 Å². The van der Waals surface area contributed by atoms with Crippen molar-refractivity contribution in [2.24, 2.45) is 0 Å². The summed E-state index contributed by atoms with van der Waals surface area (Å²) in [7, 11) is 0. The fourth-order valence-corrected chi connectivity index (χ4v) is 1.68. The maximum atomic E-state index is 13.5. The van der Waals surface area contributed by atoms with Crippen molar-refractivity contribution in [2.75, 3.05) is 19.8 Å². The molecule has 1 aliphatic rings. The molecule has 0 spiro atoms. The molecule has 0 amide bonds. The topological polar surface area (TPSA) is 44.8 Å². The summed E-state index contributed by atoms with van der Waals surface area (Å²) < 4.78 is 29.4. The summed E-state index contributed by atoms with van der Waals surface area (Å²) >= 11 is 0. The molecule has 0 atom stereocenters. The summed E-state index contributed by atoms with van der Waals surface area (Å²) in [4.78, 5) is 10.5. The predicted octanol–water partition coefficient (Wildman–Crippen LogP) is 2.17. The van der Waals surface area contributed by atoms with Gasteiger partial charge >= 0.3 is 0 Å². The standard InChI is InChI=1S/C13H15FO4/c14-11-8-10(9-15)2-3-12(11)16-7-4-13-17-5-1-6-18-13/h2-3,8-9,13H,1,4-7H2. The number of aldehydes is 1. The van der Waals surface area contributed by atoms with Gasteiger partial charge in [0, 0.05) is 12.0 Å². The molecule has 1 aromatic carbocycles. The third kappa shape index (κ3) is 3.51. The number of halogens is 1. The Morgan fingerprint density at radius 3 is 2.83 bits per heavy atom. The van der Waals surface area contributed by atoms with Gasteiger partial charge in [-0.05, 0) is 24.6 Å². The molecule has 4 nitrogen and oxygen atoms in total. The van der Waals surface area contributed by atoms with Gasteiger partial charge in [-0.25, -0.2) is 4.39 Å². The summed E-state index contributed by atoms with van der Waals surface area (Å²) in [6, 6.07) is 4.11. The monoisotopic (exact) mass is 254 g/mol. The minimum atomic E-state index is -0.537. The molecule has 0 saturated carbocycles. The summed E-state index contributed by atoms with van der Waals surface area (Å²) in [6.45, 7) is 1.68. The second-order valence-electron chi connectivity index (χ2n) is 3.97. The van der Waals surface area contributed by atoms with Crippen molar-refractivity contribution in [3.05, 3.63) is 29.6 Å². The Morgan fingerprint density at radius 1 is 1.39 bits per heavy atom. The molecule has 98 valence electrons. The Balaban J connectivity index is 1.80. The van der Waals surface area contributed by atoms with Gasteiger partial charge in [0.2, 0.25) is 0 Å². The lowest BCUT2D eigenvalue weighted by molar-refractivity contribution is -0.183. The van der Waals surface area contributed by atoms with E-state index < -0.39 is 5.82 Å². The van der Waals surface area contributed by atoms with Crippen LogP contribution in [0.1, 0.15) is 23.2 Å². The molecule has 1 aromatic rings. The first-order valence-electron chi connectivity index (χ1n) is 5.90. The average Bonchev–Trinajstić information content (AvgIpc) is 2.42. The summed E-state index contributed by atoms with van der Waals surface area (Å²) in [5, 5.41) is 0. The van der Waals surface area contributed by atoms with Crippen molar-refractivity contribution in [3.63, 3.8) is 0 Å². The van der Waals surface area contributed by atoms with E-state index in [2.05, 4.69) is 0 Å². The SMILES string of the molecule is O=Cc1ccc(OCCC2OCCCO2)c(F)c1. The van der Waals surface area contributed by atoms with Gasteiger partial charge in [-0.15, -0.1) is 0 Å². The Labute approximate surface area is 105 Å². The van der Waals surface area contributed by atoms with E-state index >= 15 is 0 Å². The number of carbonyl (C=O) groups excluding carboxylic acids is 1. The van der Waals surface area contributed by atoms with Crippen LogP contribution in [-0.4, -0.2) is 32.4 Å². The van der Waals surface area contributed by atoms with Crippen molar-refractivity contribution < 1.29 is 23.4 Å². The molecule has 5 heteroatoms. The zero-order valence-electron chi connectivity index (χ0n) is 9.93. The highest BCUT2D eigenvalue weighted by Gasteiger charge is 2.14. The fraction of sp³-hybridized carbons (Fsp3) is 0.462. The van der Waals surface area contributed by atoms with Crippen molar-refractivity contribution in [1.29, 1.82) is 0 Å². The number of rotatable bonds is 5. The van der Waals surface area contributed by atoms with Crippen LogP contribution in [0.25, 0.3) is 0 Å². The third-order valence-corrected chi connectivity index (χ3v) is 2.60. The van der Waals surface area contributed by atoms with E-state index in [1.807, 2.05) is 0 Å². The average molecular weight is 254 g/mol. The number of carbonyl (C=O) groups is 1. The number of hydrogen-bond donors (Lipinski definition) is 0. The smallest absolute Gasteiger partial charge is 0.165 e. The van der Waals surface area contributed by atoms with Gasteiger partial charge in [-0.1, -0.05) is 0 Å². The number of benzene rings is 1. The first kappa shape index (κ1) is 13.0. The minimum Gasteiger partial charge on any atom is -0.490 e. The van der Waals surface area contributed by atoms with E-state index in [1.54, 1.807) is 0 Å². The van der Waals surface area contributed by atoms with E-state index in [4.69, 9.17) is 14.2 Å². The molecule has 1 fully saturated rings. The molecule has 1 heterocycles. The van der Waals surface area contributed by atoms with Crippen LogP contribution in [0, 0.1) is 5.82 Å². The first-order chi connectivity index (χ1) is 8.79. The van der Waals surface area contributed by atoms with Crippen LogP contribution in [0.3, 0.4) is 0 Å². The zero-order chi connectivity index (χ0) is 12.8. The van der Waals surface area contributed by atoms with Crippen LogP contribution in [0.5, 0.6) is 5.75 Å². The first-order valence-corrected chi connectivity index (χ1v) is 5.90. The van der Waals surface area contributed by atoms with Gasteiger partial charge in [-0.3, -0.25) is 4.79 Å².